The molecule has 0 amide bonds. The third-order valence-electron chi connectivity index (χ3n) is 5.51. The quantitative estimate of drug-likeness (QED) is 0.329. The van der Waals surface area contributed by atoms with Gasteiger partial charge in [-0.2, -0.15) is 0 Å². The zero-order valence-corrected chi connectivity index (χ0v) is 19.0. The number of para-hydroxylation sites is 2. The molecule has 6 nitrogen and oxygen atoms in total. The molecule has 2 aromatic heterocycles. The van der Waals surface area contributed by atoms with Gasteiger partial charge in [-0.05, 0) is 48.9 Å². The zero-order chi connectivity index (χ0) is 22.1. The number of aromatic nitrogens is 5. The number of aryl methyl sites for hydroxylation is 1. The van der Waals surface area contributed by atoms with Gasteiger partial charge < -0.3 is 9.30 Å². The third-order valence-corrected chi connectivity index (χ3v) is 6.53. The normalized spacial score (nSPS) is 11.2. The van der Waals surface area contributed by atoms with Gasteiger partial charge in [-0.3, -0.25) is 4.57 Å². The van der Waals surface area contributed by atoms with Crippen molar-refractivity contribution in [3.8, 4) is 22.8 Å². The first-order valence-electron chi connectivity index (χ1n) is 10.3. The van der Waals surface area contributed by atoms with Crippen molar-refractivity contribution in [2.75, 3.05) is 7.11 Å². The molecule has 0 aliphatic heterocycles. The molecule has 160 valence electrons. The van der Waals surface area contributed by atoms with Crippen LogP contribution in [-0.4, -0.2) is 31.4 Å². The Kier molecular flexibility index (Phi) is 5.41. The Bertz CT molecular complexity index is 1390. The lowest BCUT2D eigenvalue weighted by atomic mass is 10.1. The Balaban J connectivity index is 1.48. The summed E-state index contributed by atoms with van der Waals surface area (Å²) in [5, 5.41) is 9.76. The smallest absolute Gasteiger partial charge is 0.191 e. The van der Waals surface area contributed by atoms with E-state index in [9.17, 15) is 0 Å². The lowest BCUT2D eigenvalue weighted by Gasteiger charge is -2.10. The van der Waals surface area contributed by atoms with Crippen molar-refractivity contribution < 1.29 is 4.74 Å². The number of ether oxygens (including phenoxy) is 1. The van der Waals surface area contributed by atoms with Crippen LogP contribution in [-0.2, 0) is 12.8 Å². The highest BCUT2D eigenvalue weighted by Gasteiger charge is 2.16. The van der Waals surface area contributed by atoms with E-state index in [-0.39, 0.29) is 0 Å². The number of fused-ring (bicyclic) bond motifs is 1. The monoisotopic (exact) mass is 441 g/mol. The van der Waals surface area contributed by atoms with Crippen LogP contribution in [0.1, 0.15) is 11.4 Å². The van der Waals surface area contributed by atoms with Crippen LogP contribution in [0, 0.1) is 6.92 Å². The van der Waals surface area contributed by atoms with E-state index in [0.717, 1.165) is 44.8 Å². The molecule has 2 heterocycles. The van der Waals surface area contributed by atoms with Gasteiger partial charge in [-0.1, -0.05) is 48.2 Å². The molecule has 0 spiro atoms. The summed E-state index contributed by atoms with van der Waals surface area (Å²) in [7, 11) is 3.69. The molecule has 0 atom stereocenters. The standard InChI is InChI=1S/C25H23N5OS/c1-17-8-4-5-9-20(17)24-27-28-25(29(24)2)32-16-23-26-21-10-6-7-11-22(21)30(23)18-12-14-19(31-3)15-13-18/h4-15H,16H2,1-3H3. The van der Waals surface area contributed by atoms with E-state index < -0.39 is 0 Å². The van der Waals surface area contributed by atoms with Crippen LogP contribution >= 0.6 is 11.8 Å². The minimum Gasteiger partial charge on any atom is -0.497 e. The van der Waals surface area contributed by atoms with Crippen molar-refractivity contribution in [3.63, 3.8) is 0 Å². The number of imidazole rings is 1. The predicted molar refractivity (Wildman–Crippen MR) is 128 cm³/mol. The van der Waals surface area contributed by atoms with E-state index in [0.29, 0.717) is 5.75 Å². The second-order valence-electron chi connectivity index (χ2n) is 7.52. The molecule has 0 aliphatic carbocycles. The highest BCUT2D eigenvalue weighted by molar-refractivity contribution is 7.98. The van der Waals surface area contributed by atoms with E-state index >= 15 is 0 Å². The van der Waals surface area contributed by atoms with E-state index in [2.05, 4.69) is 52.0 Å². The van der Waals surface area contributed by atoms with Gasteiger partial charge in [0.15, 0.2) is 11.0 Å². The number of hydrogen-bond acceptors (Lipinski definition) is 5. The van der Waals surface area contributed by atoms with Crippen LogP contribution in [0.15, 0.2) is 78.0 Å². The molecule has 0 bridgehead atoms. The molecule has 32 heavy (non-hydrogen) atoms. The second-order valence-corrected chi connectivity index (χ2v) is 8.46. The first-order valence-corrected chi connectivity index (χ1v) is 11.3. The first kappa shape index (κ1) is 20.3. The van der Waals surface area contributed by atoms with Crippen molar-refractivity contribution >= 4 is 22.8 Å². The Morgan fingerprint density at radius 2 is 1.66 bits per heavy atom. The topological polar surface area (TPSA) is 57.8 Å². The van der Waals surface area contributed by atoms with Crippen molar-refractivity contribution in [1.82, 2.24) is 24.3 Å². The Hall–Kier alpha value is -3.58. The van der Waals surface area contributed by atoms with Crippen LogP contribution in [0.3, 0.4) is 0 Å². The van der Waals surface area contributed by atoms with Gasteiger partial charge in [0.05, 0.1) is 23.9 Å². The van der Waals surface area contributed by atoms with Gasteiger partial charge in [-0.15, -0.1) is 10.2 Å². The number of nitrogens with zero attached hydrogens (tertiary/aromatic N) is 5. The average Bonchev–Trinajstić information content (AvgIpc) is 3.38. The number of thioether (sulfide) groups is 1. The van der Waals surface area contributed by atoms with E-state index in [1.807, 2.05) is 54.1 Å². The molecule has 0 saturated heterocycles. The first-order chi connectivity index (χ1) is 15.7. The summed E-state index contributed by atoms with van der Waals surface area (Å²) in [5.74, 6) is 3.33. The van der Waals surface area contributed by atoms with Gasteiger partial charge in [-0.25, -0.2) is 4.98 Å². The molecular weight excluding hydrogens is 418 g/mol. The fourth-order valence-corrected chi connectivity index (χ4v) is 4.65. The van der Waals surface area contributed by atoms with Crippen molar-refractivity contribution in [2.24, 2.45) is 7.05 Å². The summed E-state index contributed by atoms with van der Waals surface area (Å²) in [5.41, 5.74) is 5.37. The van der Waals surface area contributed by atoms with Gasteiger partial charge >= 0.3 is 0 Å². The summed E-state index contributed by atoms with van der Waals surface area (Å²) in [4.78, 5) is 4.91. The average molecular weight is 442 g/mol. The SMILES string of the molecule is COc1ccc(-n2c(CSc3nnc(-c4ccccc4C)n3C)nc3ccccc32)cc1. The molecule has 0 saturated carbocycles. The summed E-state index contributed by atoms with van der Waals surface area (Å²) < 4.78 is 9.57. The van der Waals surface area contributed by atoms with Crippen LogP contribution in [0.5, 0.6) is 5.75 Å². The Morgan fingerprint density at radius 1 is 0.906 bits per heavy atom. The summed E-state index contributed by atoms with van der Waals surface area (Å²) >= 11 is 1.63. The van der Waals surface area contributed by atoms with E-state index in [4.69, 9.17) is 9.72 Å². The van der Waals surface area contributed by atoms with Crippen LogP contribution in [0.25, 0.3) is 28.1 Å². The van der Waals surface area contributed by atoms with Crippen LogP contribution in [0.2, 0.25) is 0 Å². The highest BCUT2D eigenvalue weighted by atomic mass is 32.2. The molecule has 5 rings (SSSR count). The minimum atomic E-state index is 0.667. The summed E-state index contributed by atoms with van der Waals surface area (Å²) in [6.45, 7) is 2.09. The predicted octanol–water partition coefficient (Wildman–Crippen LogP) is 5.43. The van der Waals surface area contributed by atoms with Crippen molar-refractivity contribution in [2.45, 2.75) is 17.8 Å². The van der Waals surface area contributed by atoms with Gasteiger partial charge in [0.25, 0.3) is 0 Å². The molecule has 5 aromatic rings. The molecular formula is C25H23N5OS. The van der Waals surface area contributed by atoms with Crippen molar-refractivity contribution in [3.05, 3.63) is 84.2 Å². The fourth-order valence-electron chi connectivity index (χ4n) is 3.82. The maximum atomic E-state index is 5.32. The molecule has 3 aromatic carbocycles. The Labute approximate surface area is 190 Å². The molecule has 0 fully saturated rings. The van der Waals surface area contributed by atoms with Gasteiger partial charge in [0, 0.05) is 18.3 Å². The maximum Gasteiger partial charge on any atom is 0.191 e. The maximum absolute atomic E-state index is 5.32. The minimum absolute atomic E-state index is 0.667. The second kappa shape index (κ2) is 8.51. The lowest BCUT2D eigenvalue weighted by Crippen LogP contribution is -2.01. The third kappa shape index (κ3) is 3.65. The zero-order valence-electron chi connectivity index (χ0n) is 18.2. The molecule has 0 aliphatic rings. The fraction of sp³-hybridized carbons (Fsp3) is 0.160. The summed E-state index contributed by atoms with van der Waals surface area (Å²) in [6, 6.07) is 24.5. The van der Waals surface area contributed by atoms with E-state index in [1.54, 1.807) is 18.9 Å². The van der Waals surface area contributed by atoms with Crippen molar-refractivity contribution in [1.29, 1.82) is 0 Å². The number of methoxy groups -OCH3 is 1. The van der Waals surface area contributed by atoms with Gasteiger partial charge in [0.2, 0.25) is 0 Å². The van der Waals surface area contributed by atoms with Crippen LogP contribution in [0.4, 0.5) is 0 Å². The number of hydrogen-bond donors (Lipinski definition) is 0. The number of benzene rings is 3. The summed E-state index contributed by atoms with van der Waals surface area (Å²) in [6.07, 6.45) is 0. The number of rotatable bonds is 6. The molecule has 0 radical (unpaired) electrons. The van der Waals surface area contributed by atoms with E-state index in [1.165, 1.54) is 5.56 Å². The lowest BCUT2D eigenvalue weighted by molar-refractivity contribution is 0.414. The molecule has 0 N–H and O–H groups in total. The van der Waals surface area contributed by atoms with Gasteiger partial charge in [0.1, 0.15) is 11.6 Å². The van der Waals surface area contributed by atoms with Crippen LogP contribution < -0.4 is 4.74 Å². The Morgan fingerprint density at radius 3 is 2.44 bits per heavy atom. The largest absolute Gasteiger partial charge is 0.497 e. The highest BCUT2D eigenvalue weighted by Crippen LogP contribution is 2.30. The molecule has 7 heteroatoms. The molecule has 0 unspecified atom stereocenters.